The van der Waals surface area contributed by atoms with Crippen molar-refractivity contribution in [1.29, 1.82) is 0 Å². The number of hydrogen-bond donors (Lipinski definition) is 1. The van der Waals surface area contributed by atoms with E-state index in [0.29, 0.717) is 5.92 Å². The quantitative estimate of drug-likeness (QED) is 0.265. The number of benzene rings is 2. The van der Waals surface area contributed by atoms with Crippen molar-refractivity contribution in [2.45, 2.75) is 116 Å². The molecule has 0 amide bonds. The Kier molecular flexibility index (Phi) is 10.6. The molecule has 2 heteroatoms. The monoisotopic (exact) mass is 666 g/mol. The van der Waals surface area contributed by atoms with Crippen LogP contribution in [-0.2, 0) is 0 Å². The van der Waals surface area contributed by atoms with Crippen molar-refractivity contribution < 1.29 is 0 Å². The number of anilines is 1. The van der Waals surface area contributed by atoms with E-state index in [0.717, 1.165) is 60.8 Å². The SMILES string of the molecule is CC1=CC=C(C2CC(/C(=C/CC(C)C3CCC(C4CCC=C5CCCCC54)C4CCCCC34)CNc3cccc4ccccc34)C=N2)C=CC1. The molecule has 0 saturated heterocycles. The van der Waals surface area contributed by atoms with Gasteiger partial charge in [-0.05, 0) is 148 Å². The molecule has 50 heavy (non-hydrogen) atoms. The Hall–Kier alpha value is -3.13. The van der Waals surface area contributed by atoms with E-state index < -0.39 is 0 Å². The third kappa shape index (κ3) is 7.29. The fourth-order valence-corrected chi connectivity index (χ4v) is 11.7. The molecule has 1 aliphatic heterocycles. The van der Waals surface area contributed by atoms with Crippen LogP contribution in [0.2, 0.25) is 0 Å². The average molecular weight is 667 g/mol. The highest BCUT2D eigenvalue weighted by atomic mass is 14.9. The third-order valence-electron chi connectivity index (χ3n) is 14.3. The lowest BCUT2D eigenvalue weighted by molar-refractivity contribution is -0.0155. The van der Waals surface area contributed by atoms with E-state index in [2.05, 4.69) is 104 Å². The number of nitrogens with one attached hydrogen (secondary N) is 1. The van der Waals surface area contributed by atoms with Crippen molar-refractivity contribution in [3.8, 4) is 0 Å². The molecular weight excluding hydrogens is 605 g/mol. The highest BCUT2D eigenvalue weighted by Crippen LogP contribution is 2.56. The van der Waals surface area contributed by atoms with Crippen LogP contribution in [0.3, 0.4) is 0 Å². The summed E-state index contributed by atoms with van der Waals surface area (Å²) in [6.45, 7) is 5.73. The lowest BCUT2D eigenvalue weighted by Gasteiger charge is -2.53. The van der Waals surface area contributed by atoms with Gasteiger partial charge in [-0.15, -0.1) is 0 Å². The normalized spacial score (nSPS) is 33.5. The molecule has 9 unspecified atom stereocenters. The lowest BCUT2D eigenvalue weighted by Crippen LogP contribution is -2.44. The molecule has 0 aromatic heterocycles. The molecule has 1 N–H and O–H groups in total. The molecule has 2 aromatic rings. The maximum absolute atomic E-state index is 5.14. The molecule has 2 aromatic carbocycles. The Bertz CT molecular complexity index is 1680. The van der Waals surface area contributed by atoms with Gasteiger partial charge in [0.25, 0.3) is 0 Å². The maximum atomic E-state index is 5.14. The molecular formula is C48H62N2. The number of hydrogen-bond acceptors (Lipinski definition) is 2. The Labute approximate surface area is 303 Å². The largest absolute Gasteiger partial charge is 0.381 e. The topological polar surface area (TPSA) is 24.4 Å². The summed E-state index contributed by atoms with van der Waals surface area (Å²) in [6, 6.07) is 15.7. The van der Waals surface area contributed by atoms with Gasteiger partial charge in [0.2, 0.25) is 0 Å². The molecule has 5 aliphatic carbocycles. The zero-order chi connectivity index (χ0) is 33.9. The molecule has 1 heterocycles. The predicted octanol–water partition coefficient (Wildman–Crippen LogP) is 12.9. The summed E-state index contributed by atoms with van der Waals surface area (Å²) in [4.78, 5) is 5.14. The van der Waals surface area contributed by atoms with E-state index in [4.69, 9.17) is 4.99 Å². The van der Waals surface area contributed by atoms with E-state index >= 15 is 0 Å². The molecule has 3 saturated carbocycles. The summed E-state index contributed by atoms with van der Waals surface area (Å²) in [5, 5.41) is 6.53. The van der Waals surface area contributed by atoms with Gasteiger partial charge in [0.15, 0.2) is 0 Å². The second kappa shape index (κ2) is 15.6. The molecule has 264 valence electrons. The van der Waals surface area contributed by atoms with E-state index in [9.17, 15) is 0 Å². The maximum Gasteiger partial charge on any atom is 0.0754 e. The molecule has 6 aliphatic rings. The van der Waals surface area contributed by atoms with Crippen LogP contribution in [0.5, 0.6) is 0 Å². The molecule has 8 rings (SSSR count). The molecule has 0 radical (unpaired) electrons. The summed E-state index contributed by atoms with van der Waals surface area (Å²) in [6.07, 6.45) is 37.8. The first-order valence-corrected chi connectivity index (χ1v) is 20.8. The van der Waals surface area contributed by atoms with Crippen molar-refractivity contribution in [2.75, 3.05) is 11.9 Å². The standard InChI is InChI=1S/C48H62N2/c1-33-12-9-17-37(26-24-33)48-30-39(32-50-48)38(31-49-47-23-11-16-36-14-4-6-19-42(36)47)27-25-34(2)40-28-29-46(45-21-8-7-20-43(40)45)44-22-10-15-35-13-3-5-18-41(35)44/h4,6,9,11,14-17,19,23-24,26-27,32,34,39-41,43-46,48-49H,3,5,7-8,10,12-13,18,20-22,25,28-31H2,1-2H3/b38-27+. The molecule has 9 atom stereocenters. The fraction of sp³-hybridized carbons (Fsp3) is 0.562. The van der Waals surface area contributed by atoms with Gasteiger partial charge in [-0.25, -0.2) is 0 Å². The smallest absolute Gasteiger partial charge is 0.0754 e. The summed E-state index contributed by atoms with van der Waals surface area (Å²) in [5.41, 5.74) is 7.44. The van der Waals surface area contributed by atoms with Crippen molar-refractivity contribution in [1.82, 2.24) is 0 Å². The van der Waals surface area contributed by atoms with Crippen molar-refractivity contribution >= 4 is 22.7 Å². The first-order valence-electron chi connectivity index (χ1n) is 20.8. The lowest BCUT2D eigenvalue weighted by atomic mass is 9.53. The second-order valence-corrected chi connectivity index (χ2v) is 17.2. The minimum absolute atomic E-state index is 0.259. The van der Waals surface area contributed by atoms with E-state index in [1.54, 1.807) is 0 Å². The average Bonchev–Trinajstić information content (AvgIpc) is 3.55. The van der Waals surface area contributed by atoms with Gasteiger partial charge >= 0.3 is 0 Å². The highest BCUT2D eigenvalue weighted by molar-refractivity contribution is 5.93. The van der Waals surface area contributed by atoms with Crippen molar-refractivity contribution in [2.24, 2.45) is 52.3 Å². The summed E-state index contributed by atoms with van der Waals surface area (Å²) in [5.74, 6) is 6.84. The van der Waals surface area contributed by atoms with Gasteiger partial charge in [-0.3, -0.25) is 4.99 Å². The van der Waals surface area contributed by atoms with Crippen LogP contribution >= 0.6 is 0 Å². The number of allylic oxidation sites excluding steroid dienone is 7. The number of rotatable bonds is 9. The van der Waals surface area contributed by atoms with E-state index in [-0.39, 0.29) is 6.04 Å². The van der Waals surface area contributed by atoms with E-state index in [1.807, 2.05) is 5.57 Å². The number of nitrogens with zero attached hydrogens (tertiary/aromatic N) is 1. The highest BCUT2D eigenvalue weighted by Gasteiger charge is 2.47. The second-order valence-electron chi connectivity index (χ2n) is 17.2. The zero-order valence-electron chi connectivity index (χ0n) is 31.0. The Balaban J connectivity index is 0.996. The first-order chi connectivity index (χ1) is 24.6. The van der Waals surface area contributed by atoms with Gasteiger partial charge in [-0.1, -0.05) is 110 Å². The Morgan fingerprint density at radius 3 is 2.66 bits per heavy atom. The number of aliphatic imine (C=N–C) groups is 1. The van der Waals surface area contributed by atoms with Gasteiger partial charge in [0.1, 0.15) is 0 Å². The van der Waals surface area contributed by atoms with Crippen molar-refractivity contribution in [3.63, 3.8) is 0 Å². The third-order valence-corrected chi connectivity index (χ3v) is 14.3. The summed E-state index contributed by atoms with van der Waals surface area (Å²) in [7, 11) is 0. The minimum atomic E-state index is 0.259. The molecule has 0 spiro atoms. The van der Waals surface area contributed by atoms with Crippen LogP contribution < -0.4 is 5.32 Å². The van der Waals surface area contributed by atoms with Crippen LogP contribution in [0.1, 0.15) is 110 Å². The number of fused-ring (bicyclic) bond motifs is 3. The molecule has 0 bridgehead atoms. The van der Waals surface area contributed by atoms with Crippen LogP contribution in [0.25, 0.3) is 10.8 Å². The van der Waals surface area contributed by atoms with Gasteiger partial charge < -0.3 is 5.32 Å². The molecule has 2 nitrogen and oxygen atoms in total. The van der Waals surface area contributed by atoms with Crippen molar-refractivity contribution in [3.05, 3.63) is 101 Å². The van der Waals surface area contributed by atoms with E-state index in [1.165, 1.54) is 117 Å². The Morgan fingerprint density at radius 2 is 1.72 bits per heavy atom. The minimum Gasteiger partial charge on any atom is -0.381 e. The first kappa shape index (κ1) is 34.0. The predicted molar refractivity (Wildman–Crippen MR) is 215 cm³/mol. The van der Waals surface area contributed by atoms with Crippen LogP contribution in [0.15, 0.2) is 106 Å². The van der Waals surface area contributed by atoms with Gasteiger partial charge in [0, 0.05) is 29.8 Å². The van der Waals surface area contributed by atoms with Crippen LogP contribution in [0.4, 0.5) is 5.69 Å². The van der Waals surface area contributed by atoms with Crippen LogP contribution in [0, 0.1) is 47.3 Å². The summed E-state index contributed by atoms with van der Waals surface area (Å²) >= 11 is 0. The Morgan fingerprint density at radius 1 is 0.880 bits per heavy atom. The fourth-order valence-electron chi connectivity index (χ4n) is 11.7. The van der Waals surface area contributed by atoms with Crippen LogP contribution in [-0.4, -0.2) is 18.8 Å². The van der Waals surface area contributed by atoms with Gasteiger partial charge in [-0.2, -0.15) is 0 Å². The zero-order valence-corrected chi connectivity index (χ0v) is 31.0. The van der Waals surface area contributed by atoms with Gasteiger partial charge in [0.05, 0.1) is 6.04 Å². The molecule has 3 fully saturated rings. The summed E-state index contributed by atoms with van der Waals surface area (Å²) < 4.78 is 0.